The van der Waals surface area contributed by atoms with Crippen molar-refractivity contribution in [3.05, 3.63) is 29.4 Å². The predicted molar refractivity (Wildman–Crippen MR) is 89.1 cm³/mol. The summed E-state index contributed by atoms with van der Waals surface area (Å²) < 4.78 is 11.3. The van der Waals surface area contributed by atoms with Crippen molar-refractivity contribution in [1.82, 2.24) is 9.88 Å². The van der Waals surface area contributed by atoms with E-state index in [9.17, 15) is 0 Å². The molecule has 0 N–H and O–H groups in total. The van der Waals surface area contributed by atoms with Gasteiger partial charge in [0, 0.05) is 18.0 Å². The van der Waals surface area contributed by atoms with E-state index in [2.05, 4.69) is 9.88 Å². The average Bonchev–Trinajstić information content (AvgIpc) is 3.04. The number of halogens is 1. The lowest BCUT2D eigenvalue weighted by molar-refractivity contribution is 0.254. The van der Waals surface area contributed by atoms with Gasteiger partial charge in [-0.1, -0.05) is 11.6 Å². The number of likely N-dealkylation sites (tertiary alicyclic amines) is 1. The summed E-state index contributed by atoms with van der Waals surface area (Å²) in [4.78, 5) is 6.81. The monoisotopic (exact) mass is 320 g/mol. The molecule has 3 rings (SSSR count). The maximum absolute atomic E-state index is 5.96. The summed E-state index contributed by atoms with van der Waals surface area (Å²) in [5, 5.41) is 1.48. The molecule has 1 aromatic heterocycles. The fourth-order valence-electron chi connectivity index (χ4n) is 2.85. The van der Waals surface area contributed by atoms with E-state index in [0.29, 0.717) is 11.8 Å². The van der Waals surface area contributed by atoms with Crippen LogP contribution in [0.1, 0.15) is 19.3 Å². The lowest BCUT2D eigenvalue weighted by Crippen LogP contribution is -2.21. The minimum absolute atomic E-state index is 0.484. The van der Waals surface area contributed by atoms with Gasteiger partial charge in [-0.25, -0.2) is 4.98 Å². The van der Waals surface area contributed by atoms with E-state index in [1.807, 2.05) is 18.2 Å². The molecule has 0 amide bonds. The minimum Gasteiger partial charge on any atom is -0.493 e. The van der Waals surface area contributed by atoms with E-state index < -0.39 is 0 Å². The van der Waals surface area contributed by atoms with Crippen LogP contribution in [-0.2, 0) is 0 Å². The van der Waals surface area contributed by atoms with E-state index in [-0.39, 0.29) is 0 Å². The topological polar surface area (TPSA) is 34.6 Å². The first-order chi connectivity index (χ1) is 10.8. The number of methoxy groups -OCH3 is 1. The highest BCUT2D eigenvalue weighted by Crippen LogP contribution is 2.32. The van der Waals surface area contributed by atoms with Crippen LogP contribution in [0.3, 0.4) is 0 Å². The molecular formula is C17H21ClN2O2. The van der Waals surface area contributed by atoms with E-state index in [1.165, 1.54) is 25.9 Å². The van der Waals surface area contributed by atoms with E-state index >= 15 is 0 Å². The quantitative estimate of drug-likeness (QED) is 0.599. The van der Waals surface area contributed by atoms with Crippen LogP contribution in [0.5, 0.6) is 11.5 Å². The summed E-state index contributed by atoms with van der Waals surface area (Å²) in [5.41, 5.74) is 0.822. The largest absolute Gasteiger partial charge is 0.493 e. The van der Waals surface area contributed by atoms with Crippen LogP contribution >= 0.6 is 11.6 Å². The molecule has 0 unspecified atom stereocenters. The molecule has 0 spiro atoms. The Hall–Kier alpha value is -1.52. The summed E-state index contributed by atoms with van der Waals surface area (Å²) in [6, 6.07) is 7.55. The predicted octanol–water partition coefficient (Wildman–Crippen LogP) is 3.76. The van der Waals surface area contributed by atoms with Gasteiger partial charge in [0.25, 0.3) is 0 Å². The van der Waals surface area contributed by atoms with Gasteiger partial charge < -0.3 is 14.4 Å². The molecule has 0 radical (unpaired) electrons. The molecule has 0 atom stereocenters. The fourth-order valence-corrected chi connectivity index (χ4v) is 3.01. The zero-order valence-corrected chi connectivity index (χ0v) is 13.6. The van der Waals surface area contributed by atoms with Crippen LogP contribution in [0.2, 0.25) is 5.15 Å². The number of fused-ring (bicyclic) bond motifs is 1. The van der Waals surface area contributed by atoms with Crippen molar-refractivity contribution < 1.29 is 9.47 Å². The molecule has 1 fully saturated rings. The van der Waals surface area contributed by atoms with Crippen molar-refractivity contribution in [3.63, 3.8) is 0 Å². The van der Waals surface area contributed by atoms with Crippen LogP contribution in [-0.4, -0.2) is 43.2 Å². The summed E-state index contributed by atoms with van der Waals surface area (Å²) >= 11 is 5.96. The molecule has 1 aliphatic heterocycles. The van der Waals surface area contributed by atoms with Crippen molar-refractivity contribution in [3.8, 4) is 11.5 Å². The number of rotatable bonds is 6. The van der Waals surface area contributed by atoms with Gasteiger partial charge in [0.05, 0.1) is 19.2 Å². The fraction of sp³-hybridized carbons (Fsp3) is 0.471. The number of nitrogens with zero attached hydrogens (tertiary/aromatic N) is 2. The maximum Gasteiger partial charge on any atom is 0.163 e. The molecule has 0 saturated carbocycles. The Morgan fingerprint density at radius 1 is 1.18 bits per heavy atom. The third-order valence-corrected chi connectivity index (χ3v) is 4.23. The third-order valence-electron chi connectivity index (χ3n) is 4.02. The number of hydrogen-bond acceptors (Lipinski definition) is 4. The Labute approximate surface area is 136 Å². The van der Waals surface area contributed by atoms with Gasteiger partial charge in [0.2, 0.25) is 0 Å². The Bertz CT molecular complexity index is 642. The Morgan fingerprint density at radius 3 is 2.77 bits per heavy atom. The summed E-state index contributed by atoms with van der Waals surface area (Å²) in [7, 11) is 1.65. The highest BCUT2D eigenvalue weighted by Gasteiger charge is 2.11. The Balaban J connectivity index is 1.65. The van der Waals surface area contributed by atoms with Gasteiger partial charge in [-0.05, 0) is 50.6 Å². The van der Waals surface area contributed by atoms with E-state index in [0.717, 1.165) is 35.4 Å². The van der Waals surface area contributed by atoms with Gasteiger partial charge in [-0.2, -0.15) is 0 Å². The van der Waals surface area contributed by atoms with E-state index in [4.69, 9.17) is 21.1 Å². The SMILES string of the molecule is COc1cc2ccc(Cl)nc2cc1OCCCN1CCCC1. The third kappa shape index (κ3) is 3.62. The average molecular weight is 321 g/mol. The second-order valence-electron chi connectivity index (χ2n) is 5.58. The molecule has 22 heavy (non-hydrogen) atoms. The van der Waals surface area contributed by atoms with Crippen LogP contribution < -0.4 is 9.47 Å². The normalized spacial score (nSPS) is 15.4. The molecule has 1 aliphatic rings. The highest BCUT2D eigenvalue weighted by molar-refractivity contribution is 6.29. The summed E-state index contributed by atoms with van der Waals surface area (Å²) in [6.07, 6.45) is 3.67. The van der Waals surface area contributed by atoms with Crippen LogP contribution in [0.15, 0.2) is 24.3 Å². The van der Waals surface area contributed by atoms with Crippen molar-refractivity contribution in [2.45, 2.75) is 19.3 Å². The van der Waals surface area contributed by atoms with Crippen LogP contribution in [0.25, 0.3) is 10.9 Å². The van der Waals surface area contributed by atoms with Gasteiger partial charge in [0.1, 0.15) is 5.15 Å². The van der Waals surface area contributed by atoms with Gasteiger partial charge in [-0.3, -0.25) is 0 Å². The first kappa shape index (κ1) is 15.4. The molecule has 0 aliphatic carbocycles. The molecule has 2 aromatic rings. The molecule has 4 nitrogen and oxygen atoms in total. The molecular weight excluding hydrogens is 300 g/mol. The van der Waals surface area contributed by atoms with Crippen LogP contribution in [0.4, 0.5) is 0 Å². The summed E-state index contributed by atoms with van der Waals surface area (Å²) in [6.45, 7) is 4.22. The molecule has 1 aromatic carbocycles. The summed E-state index contributed by atoms with van der Waals surface area (Å²) in [5.74, 6) is 1.46. The molecule has 0 bridgehead atoms. The highest BCUT2D eigenvalue weighted by atomic mass is 35.5. The molecule has 1 saturated heterocycles. The smallest absolute Gasteiger partial charge is 0.163 e. The number of pyridine rings is 1. The first-order valence-electron chi connectivity index (χ1n) is 7.76. The van der Waals surface area contributed by atoms with Crippen molar-refractivity contribution in [2.75, 3.05) is 33.4 Å². The van der Waals surface area contributed by atoms with Gasteiger partial charge in [-0.15, -0.1) is 0 Å². The standard InChI is InChI=1S/C17H21ClN2O2/c1-21-15-11-13-5-6-17(18)19-14(13)12-16(15)22-10-4-9-20-7-2-3-8-20/h5-6,11-12H,2-4,7-10H2,1H3. The zero-order valence-electron chi connectivity index (χ0n) is 12.8. The van der Waals surface area contributed by atoms with Crippen molar-refractivity contribution in [1.29, 1.82) is 0 Å². The number of hydrogen-bond donors (Lipinski definition) is 0. The van der Waals surface area contributed by atoms with Crippen LogP contribution in [0, 0.1) is 0 Å². The maximum atomic E-state index is 5.96. The van der Waals surface area contributed by atoms with Gasteiger partial charge >= 0.3 is 0 Å². The second-order valence-corrected chi connectivity index (χ2v) is 5.97. The Morgan fingerprint density at radius 2 is 2.00 bits per heavy atom. The lowest BCUT2D eigenvalue weighted by Gasteiger charge is -2.15. The second kappa shape index (κ2) is 7.16. The minimum atomic E-state index is 0.484. The van der Waals surface area contributed by atoms with Gasteiger partial charge in [0.15, 0.2) is 11.5 Å². The lowest BCUT2D eigenvalue weighted by atomic mass is 10.2. The van der Waals surface area contributed by atoms with E-state index in [1.54, 1.807) is 13.2 Å². The molecule has 5 heteroatoms. The molecule has 118 valence electrons. The molecule has 2 heterocycles. The van der Waals surface area contributed by atoms with Crippen molar-refractivity contribution >= 4 is 22.5 Å². The number of aromatic nitrogens is 1. The first-order valence-corrected chi connectivity index (χ1v) is 8.13. The van der Waals surface area contributed by atoms with Crippen molar-refractivity contribution in [2.24, 2.45) is 0 Å². The Kier molecular flexibility index (Phi) is 5.01. The number of benzene rings is 1. The number of ether oxygens (including phenoxy) is 2. The zero-order chi connectivity index (χ0) is 15.4.